The number of hydrogen-bond acceptors (Lipinski definition) is 2. The average Bonchev–Trinajstić information content (AvgIpc) is 2.91. The van der Waals surface area contributed by atoms with Crippen LogP contribution in [0.25, 0.3) is 0 Å². The van der Waals surface area contributed by atoms with E-state index in [9.17, 15) is 9.59 Å². The topological polar surface area (TPSA) is 52.7 Å². The van der Waals surface area contributed by atoms with Crippen LogP contribution in [0.5, 0.6) is 0 Å². The Morgan fingerprint density at radius 1 is 1.15 bits per heavy atom. The first-order chi connectivity index (χ1) is 9.49. The van der Waals surface area contributed by atoms with Crippen LogP contribution in [0.2, 0.25) is 0 Å². The van der Waals surface area contributed by atoms with Crippen molar-refractivity contribution in [3.8, 4) is 0 Å². The molecule has 0 unspecified atom stereocenters. The largest absolute Gasteiger partial charge is 0.341 e. The van der Waals surface area contributed by atoms with E-state index in [1.165, 1.54) is 0 Å². The van der Waals surface area contributed by atoms with Crippen molar-refractivity contribution in [3.05, 3.63) is 0 Å². The summed E-state index contributed by atoms with van der Waals surface area (Å²) in [4.78, 5) is 28.3. The Morgan fingerprint density at radius 2 is 1.70 bits per heavy atom. The zero-order valence-corrected chi connectivity index (χ0v) is 13.3. The lowest BCUT2D eigenvalue weighted by Gasteiger charge is -2.28. The summed E-state index contributed by atoms with van der Waals surface area (Å²) in [6.45, 7) is 11.0. The fraction of sp³-hybridized carbons (Fsp3) is 0.867. The molecule has 0 aromatic carbocycles. The molecular formula is C15H29N3O2. The van der Waals surface area contributed by atoms with Gasteiger partial charge in [0.25, 0.3) is 0 Å². The maximum absolute atomic E-state index is 12.5. The molecule has 5 nitrogen and oxygen atoms in total. The molecule has 0 saturated carbocycles. The fourth-order valence-corrected chi connectivity index (χ4v) is 2.60. The highest BCUT2D eigenvalue weighted by Gasteiger charge is 2.29. The van der Waals surface area contributed by atoms with Crippen LogP contribution in [0, 0.1) is 5.92 Å². The minimum Gasteiger partial charge on any atom is -0.341 e. The SMILES string of the molecule is CCN(CC)C(=O)N[C@@H](CC(C)C)C(=O)N1CCCC1. The summed E-state index contributed by atoms with van der Waals surface area (Å²) in [6, 6.07) is -0.519. The quantitative estimate of drug-likeness (QED) is 0.811. The first kappa shape index (κ1) is 16.8. The van der Waals surface area contributed by atoms with Crippen molar-refractivity contribution in [2.45, 2.75) is 53.0 Å². The van der Waals surface area contributed by atoms with Crippen LogP contribution in [0.4, 0.5) is 4.79 Å². The Bertz CT molecular complexity index is 321. The van der Waals surface area contributed by atoms with Crippen molar-refractivity contribution < 1.29 is 9.59 Å². The number of carbonyl (C=O) groups is 2. The lowest BCUT2D eigenvalue weighted by Crippen LogP contribution is -2.52. The van der Waals surface area contributed by atoms with Crippen LogP contribution < -0.4 is 5.32 Å². The third kappa shape index (κ3) is 4.69. The maximum Gasteiger partial charge on any atom is 0.318 e. The summed E-state index contributed by atoms with van der Waals surface area (Å²) in [7, 11) is 0. The van der Waals surface area contributed by atoms with Crippen molar-refractivity contribution in [2.24, 2.45) is 5.92 Å². The van der Waals surface area contributed by atoms with Crippen LogP contribution in [-0.4, -0.2) is 54.0 Å². The Morgan fingerprint density at radius 3 is 2.15 bits per heavy atom. The van der Waals surface area contributed by atoms with Crippen LogP contribution in [-0.2, 0) is 4.79 Å². The van der Waals surface area contributed by atoms with Crippen molar-refractivity contribution in [3.63, 3.8) is 0 Å². The predicted molar refractivity (Wildman–Crippen MR) is 80.5 cm³/mol. The molecule has 0 aromatic rings. The van der Waals surface area contributed by atoms with E-state index in [0.29, 0.717) is 25.4 Å². The second kappa shape index (κ2) is 8.12. The summed E-state index contributed by atoms with van der Waals surface area (Å²) < 4.78 is 0. The van der Waals surface area contributed by atoms with Crippen molar-refractivity contribution >= 4 is 11.9 Å². The molecule has 20 heavy (non-hydrogen) atoms. The van der Waals surface area contributed by atoms with E-state index in [1.54, 1.807) is 4.90 Å². The summed E-state index contributed by atoms with van der Waals surface area (Å²) in [6.07, 6.45) is 2.84. The summed E-state index contributed by atoms with van der Waals surface area (Å²) in [5.74, 6) is 0.459. The molecule has 0 aromatic heterocycles. The fourth-order valence-electron chi connectivity index (χ4n) is 2.60. The first-order valence-corrected chi connectivity index (χ1v) is 7.83. The van der Waals surface area contributed by atoms with E-state index in [2.05, 4.69) is 19.2 Å². The molecule has 0 aliphatic carbocycles. The molecule has 116 valence electrons. The van der Waals surface area contributed by atoms with Gasteiger partial charge in [0.05, 0.1) is 0 Å². The van der Waals surface area contributed by atoms with E-state index in [-0.39, 0.29) is 18.0 Å². The van der Waals surface area contributed by atoms with Crippen LogP contribution in [0.1, 0.15) is 47.0 Å². The van der Waals surface area contributed by atoms with E-state index >= 15 is 0 Å². The molecule has 1 rings (SSSR count). The molecule has 1 saturated heterocycles. The highest BCUT2D eigenvalue weighted by molar-refractivity contribution is 5.87. The zero-order valence-electron chi connectivity index (χ0n) is 13.3. The number of amides is 3. The Labute approximate surface area is 122 Å². The summed E-state index contributed by atoms with van der Waals surface area (Å²) in [5, 5.41) is 2.92. The molecule has 0 bridgehead atoms. The van der Waals surface area contributed by atoms with Crippen LogP contribution in [0.15, 0.2) is 0 Å². The summed E-state index contributed by atoms with van der Waals surface area (Å²) in [5.41, 5.74) is 0. The minimum atomic E-state index is -0.388. The molecule has 1 N–H and O–H groups in total. The molecule has 0 spiro atoms. The van der Waals surface area contributed by atoms with E-state index in [0.717, 1.165) is 25.9 Å². The molecule has 1 atom stereocenters. The Hall–Kier alpha value is -1.26. The van der Waals surface area contributed by atoms with Gasteiger partial charge in [-0.1, -0.05) is 13.8 Å². The number of nitrogens with one attached hydrogen (secondary N) is 1. The van der Waals surface area contributed by atoms with Gasteiger partial charge in [0.15, 0.2) is 0 Å². The molecule has 0 radical (unpaired) electrons. The van der Waals surface area contributed by atoms with Gasteiger partial charge in [-0.25, -0.2) is 4.79 Å². The number of rotatable bonds is 6. The monoisotopic (exact) mass is 283 g/mol. The molecule has 5 heteroatoms. The lowest BCUT2D eigenvalue weighted by molar-refractivity contribution is -0.132. The molecular weight excluding hydrogens is 254 g/mol. The van der Waals surface area contributed by atoms with Gasteiger partial charge in [-0.3, -0.25) is 4.79 Å². The van der Waals surface area contributed by atoms with Crippen molar-refractivity contribution in [2.75, 3.05) is 26.2 Å². The lowest BCUT2D eigenvalue weighted by atomic mass is 10.0. The molecule has 1 aliphatic heterocycles. The number of urea groups is 1. The van der Waals surface area contributed by atoms with Gasteiger partial charge in [-0.2, -0.15) is 0 Å². The van der Waals surface area contributed by atoms with E-state index in [1.807, 2.05) is 18.7 Å². The Balaban J connectivity index is 2.67. The molecule has 1 heterocycles. The second-order valence-electron chi connectivity index (χ2n) is 5.84. The zero-order chi connectivity index (χ0) is 15.1. The van der Waals surface area contributed by atoms with Gasteiger partial charge in [-0.05, 0) is 39.0 Å². The van der Waals surface area contributed by atoms with Gasteiger partial charge < -0.3 is 15.1 Å². The van der Waals surface area contributed by atoms with Crippen molar-refractivity contribution in [1.29, 1.82) is 0 Å². The summed E-state index contributed by atoms with van der Waals surface area (Å²) >= 11 is 0. The molecule has 3 amide bonds. The van der Waals surface area contributed by atoms with Gasteiger partial charge >= 0.3 is 6.03 Å². The second-order valence-corrected chi connectivity index (χ2v) is 5.84. The van der Waals surface area contributed by atoms with Gasteiger partial charge in [-0.15, -0.1) is 0 Å². The van der Waals surface area contributed by atoms with Crippen molar-refractivity contribution in [1.82, 2.24) is 15.1 Å². The minimum absolute atomic E-state index is 0.0803. The van der Waals surface area contributed by atoms with Crippen LogP contribution >= 0.6 is 0 Å². The van der Waals surface area contributed by atoms with Gasteiger partial charge in [0, 0.05) is 26.2 Å². The average molecular weight is 283 g/mol. The molecule has 1 fully saturated rings. The third-order valence-electron chi connectivity index (χ3n) is 3.77. The highest BCUT2D eigenvalue weighted by Crippen LogP contribution is 2.13. The number of carbonyl (C=O) groups excluding carboxylic acids is 2. The Kier molecular flexibility index (Phi) is 6.82. The normalized spacial score (nSPS) is 16.4. The molecule has 1 aliphatic rings. The maximum atomic E-state index is 12.5. The third-order valence-corrected chi connectivity index (χ3v) is 3.77. The van der Waals surface area contributed by atoms with E-state index < -0.39 is 0 Å². The van der Waals surface area contributed by atoms with E-state index in [4.69, 9.17) is 0 Å². The van der Waals surface area contributed by atoms with Gasteiger partial charge in [0.1, 0.15) is 6.04 Å². The van der Waals surface area contributed by atoms with Crippen LogP contribution in [0.3, 0.4) is 0 Å². The first-order valence-electron chi connectivity index (χ1n) is 7.83. The van der Waals surface area contributed by atoms with Gasteiger partial charge in [0.2, 0.25) is 5.91 Å². The standard InChI is InChI=1S/C15H29N3O2/c1-5-17(6-2)15(20)16-13(11-12(3)4)14(19)18-9-7-8-10-18/h12-13H,5-11H2,1-4H3,(H,16,20)/t13-/m0/s1. The number of nitrogens with zero attached hydrogens (tertiary/aromatic N) is 2. The predicted octanol–water partition coefficient (Wildman–Crippen LogP) is 2.07. The smallest absolute Gasteiger partial charge is 0.318 e. The number of hydrogen-bond donors (Lipinski definition) is 1. The highest BCUT2D eigenvalue weighted by atomic mass is 16.2. The number of likely N-dealkylation sites (tertiary alicyclic amines) is 1.